The monoisotopic (exact) mass is 214 g/mol. The van der Waals surface area contributed by atoms with E-state index < -0.39 is 0 Å². The molecule has 0 spiro atoms. The van der Waals surface area contributed by atoms with Crippen LogP contribution in [0.2, 0.25) is 0 Å². The Bertz CT molecular complexity index is 243. The Morgan fingerprint density at radius 3 is 2.80 bits per heavy atom. The van der Waals surface area contributed by atoms with Crippen LogP contribution < -0.4 is 5.32 Å². The molecule has 15 heavy (non-hydrogen) atoms. The molecule has 1 N–H and O–H groups in total. The maximum atomic E-state index is 11.6. The molecule has 1 saturated heterocycles. The van der Waals surface area contributed by atoms with E-state index in [-0.39, 0.29) is 24.3 Å². The normalized spacial score (nSPS) is 21.3. The number of hydrogen-bond acceptors (Lipinski definition) is 4. The van der Waals surface area contributed by atoms with Crippen LogP contribution in [0.25, 0.3) is 0 Å². The van der Waals surface area contributed by atoms with Gasteiger partial charge < -0.3 is 15.0 Å². The average Bonchev–Trinajstić information content (AvgIpc) is 2.62. The summed E-state index contributed by atoms with van der Waals surface area (Å²) in [6, 6.07) is 0. The quantitative estimate of drug-likeness (QED) is 0.648. The van der Waals surface area contributed by atoms with E-state index in [1.165, 1.54) is 0 Å². The predicted molar refractivity (Wildman–Crippen MR) is 55.2 cm³/mol. The van der Waals surface area contributed by atoms with Crippen molar-refractivity contribution in [3.05, 3.63) is 0 Å². The summed E-state index contributed by atoms with van der Waals surface area (Å²) in [5.74, 6) is -0.408. The molecule has 1 rings (SSSR count). The van der Waals surface area contributed by atoms with Crippen LogP contribution in [0.5, 0.6) is 0 Å². The lowest BCUT2D eigenvalue weighted by atomic mass is 10.1. The van der Waals surface area contributed by atoms with E-state index in [4.69, 9.17) is 4.74 Å². The van der Waals surface area contributed by atoms with Crippen molar-refractivity contribution in [3.63, 3.8) is 0 Å². The molecule has 1 aliphatic heterocycles. The number of rotatable bonds is 4. The summed E-state index contributed by atoms with van der Waals surface area (Å²) in [4.78, 5) is 24.6. The van der Waals surface area contributed by atoms with Gasteiger partial charge in [-0.05, 0) is 26.9 Å². The summed E-state index contributed by atoms with van der Waals surface area (Å²) in [5, 5.41) is 2.59. The zero-order valence-corrected chi connectivity index (χ0v) is 9.28. The fourth-order valence-electron chi connectivity index (χ4n) is 1.66. The minimum absolute atomic E-state index is 0.0180. The van der Waals surface area contributed by atoms with Crippen molar-refractivity contribution in [2.24, 2.45) is 5.92 Å². The number of likely N-dealkylation sites (tertiary alicyclic amines) is 1. The SMILES string of the molecule is CCOC(=O)CNC(=O)C1CCN(C)C1. The minimum Gasteiger partial charge on any atom is -0.465 e. The molecule has 1 amide bonds. The highest BCUT2D eigenvalue weighted by molar-refractivity contribution is 5.83. The Balaban J connectivity index is 2.21. The molecule has 0 aromatic heterocycles. The smallest absolute Gasteiger partial charge is 0.325 e. The lowest BCUT2D eigenvalue weighted by molar-refractivity contribution is -0.143. The maximum absolute atomic E-state index is 11.6. The van der Waals surface area contributed by atoms with Gasteiger partial charge >= 0.3 is 5.97 Å². The predicted octanol–water partition coefficient (Wildman–Crippen LogP) is -0.383. The van der Waals surface area contributed by atoms with E-state index in [9.17, 15) is 9.59 Å². The van der Waals surface area contributed by atoms with Crippen LogP contribution >= 0.6 is 0 Å². The molecule has 5 heteroatoms. The summed E-state index contributed by atoms with van der Waals surface area (Å²) in [5.41, 5.74) is 0. The van der Waals surface area contributed by atoms with E-state index in [2.05, 4.69) is 10.2 Å². The third-order valence-electron chi connectivity index (χ3n) is 2.47. The van der Waals surface area contributed by atoms with Crippen molar-refractivity contribution in [3.8, 4) is 0 Å². The molecule has 0 bridgehead atoms. The lowest BCUT2D eigenvalue weighted by Crippen LogP contribution is -2.36. The number of amides is 1. The first-order valence-electron chi connectivity index (χ1n) is 5.25. The van der Waals surface area contributed by atoms with Gasteiger partial charge in [0.1, 0.15) is 6.54 Å². The fraction of sp³-hybridized carbons (Fsp3) is 0.800. The zero-order valence-electron chi connectivity index (χ0n) is 9.28. The zero-order chi connectivity index (χ0) is 11.3. The highest BCUT2D eigenvalue weighted by atomic mass is 16.5. The molecule has 1 aliphatic rings. The van der Waals surface area contributed by atoms with Crippen LogP contribution in [0.15, 0.2) is 0 Å². The van der Waals surface area contributed by atoms with Crippen LogP contribution in [0.3, 0.4) is 0 Å². The van der Waals surface area contributed by atoms with E-state index in [1.54, 1.807) is 6.92 Å². The van der Waals surface area contributed by atoms with Gasteiger partial charge in [0.05, 0.1) is 12.5 Å². The van der Waals surface area contributed by atoms with Crippen molar-refractivity contribution < 1.29 is 14.3 Å². The van der Waals surface area contributed by atoms with Crippen LogP contribution in [0.1, 0.15) is 13.3 Å². The summed E-state index contributed by atoms with van der Waals surface area (Å²) in [7, 11) is 1.98. The molecule has 0 aliphatic carbocycles. The second-order valence-corrected chi connectivity index (χ2v) is 3.77. The Kier molecular flexibility index (Phi) is 4.55. The topological polar surface area (TPSA) is 58.6 Å². The molecule has 0 saturated carbocycles. The summed E-state index contributed by atoms with van der Waals surface area (Å²) < 4.78 is 4.71. The van der Waals surface area contributed by atoms with Crippen molar-refractivity contribution in [1.29, 1.82) is 0 Å². The lowest BCUT2D eigenvalue weighted by Gasteiger charge is -2.10. The van der Waals surface area contributed by atoms with Crippen LogP contribution in [0, 0.1) is 5.92 Å². The van der Waals surface area contributed by atoms with Crippen LogP contribution in [0.4, 0.5) is 0 Å². The Labute approximate surface area is 89.8 Å². The Hall–Kier alpha value is -1.10. The average molecular weight is 214 g/mol. The number of nitrogens with one attached hydrogen (secondary N) is 1. The first kappa shape index (κ1) is 12.0. The second kappa shape index (κ2) is 5.70. The third kappa shape index (κ3) is 3.87. The molecule has 1 unspecified atom stereocenters. The largest absolute Gasteiger partial charge is 0.465 e. The van der Waals surface area contributed by atoms with Crippen molar-refractivity contribution >= 4 is 11.9 Å². The van der Waals surface area contributed by atoms with Gasteiger partial charge in [0.25, 0.3) is 0 Å². The fourth-order valence-corrected chi connectivity index (χ4v) is 1.66. The first-order valence-corrected chi connectivity index (χ1v) is 5.25. The van der Waals surface area contributed by atoms with E-state index in [1.807, 2.05) is 7.05 Å². The summed E-state index contributed by atoms with van der Waals surface area (Å²) in [6.07, 6.45) is 0.866. The van der Waals surface area contributed by atoms with Crippen LogP contribution in [-0.4, -0.2) is 50.1 Å². The molecular formula is C10H18N2O3. The van der Waals surface area contributed by atoms with Crippen molar-refractivity contribution in [1.82, 2.24) is 10.2 Å². The molecule has 1 atom stereocenters. The first-order chi connectivity index (χ1) is 7.13. The van der Waals surface area contributed by atoms with Crippen molar-refractivity contribution in [2.45, 2.75) is 13.3 Å². The highest BCUT2D eigenvalue weighted by Crippen LogP contribution is 2.13. The van der Waals surface area contributed by atoms with E-state index in [0.717, 1.165) is 19.5 Å². The van der Waals surface area contributed by atoms with Crippen molar-refractivity contribution in [2.75, 3.05) is 33.3 Å². The van der Waals surface area contributed by atoms with Gasteiger partial charge in [-0.2, -0.15) is 0 Å². The minimum atomic E-state index is -0.378. The maximum Gasteiger partial charge on any atom is 0.325 e. The van der Waals surface area contributed by atoms with Gasteiger partial charge in [-0.1, -0.05) is 0 Å². The van der Waals surface area contributed by atoms with Gasteiger partial charge in [-0.3, -0.25) is 9.59 Å². The van der Waals surface area contributed by atoms with Gasteiger partial charge in [-0.25, -0.2) is 0 Å². The highest BCUT2D eigenvalue weighted by Gasteiger charge is 2.26. The molecule has 5 nitrogen and oxygen atoms in total. The third-order valence-corrected chi connectivity index (χ3v) is 2.47. The number of ether oxygens (including phenoxy) is 1. The van der Waals surface area contributed by atoms with Gasteiger partial charge in [0.2, 0.25) is 5.91 Å². The molecule has 0 aromatic rings. The van der Waals surface area contributed by atoms with E-state index >= 15 is 0 Å². The molecular weight excluding hydrogens is 196 g/mol. The molecule has 0 aromatic carbocycles. The summed E-state index contributed by atoms with van der Waals surface area (Å²) >= 11 is 0. The molecule has 1 heterocycles. The van der Waals surface area contributed by atoms with E-state index in [0.29, 0.717) is 6.61 Å². The molecule has 1 fully saturated rings. The summed E-state index contributed by atoms with van der Waals surface area (Å²) in [6.45, 7) is 3.78. The Morgan fingerprint density at radius 2 is 2.27 bits per heavy atom. The number of carbonyl (C=O) groups excluding carboxylic acids is 2. The number of hydrogen-bond donors (Lipinski definition) is 1. The molecule has 86 valence electrons. The number of nitrogens with zero attached hydrogens (tertiary/aromatic N) is 1. The van der Waals surface area contributed by atoms with Gasteiger partial charge in [0.15, 0.2) is 0 Å². The van der Waals surface area contributed by atoms with Gasteiger partial charge in [-0.15, -0.1) is 0 Å². The number of esters is 1. The van der Waals surface area contributed by atoms with Crippen LogP contribution in [-0.2, 0) is 14.3 Å². The standard InChI is InChI=1S/C10H18N2O3/c1-3-15-9(13)6-11-10(14)8-4-5-12(2)7-8/h8H,3-7H2,1-2H3,(H,11,14). The second-order valence-electron chi connectivity index (χ2n) is 3.77. The molecule has 0 radical (unpaired) electrons. The Morgan fingerprint density at radius 1 is 1.53 bits per heavy atom. The van der Waals surface area contributed by atoms with Gasteiger partial charge in [0, 0.05) is 6.54 Å². The number of carbonyl (C=O) groups is 2.